The van der Waals surface area contributed by atoms with E-state index in [1.807, 2.05) is 24.3 Å². The Kier molecular flexibility index (Phi) is 7.00. The predicted molar refractivity (Wildman–Crippen MR) is 107 cm³/mol. The molecule has 1 aliphatic rings. The van der Waals surface area contributed by atoms with E-state index in [1.165, 1.54) is 12.5 Å². The van der Waals surface area contributed by atoms with E-state index in [0.717, 1.165) is 38.5 Å². The molecule has 3 rings (SSSR count). The zero-order valence-electron chi connectivity index (χ0n) is 15.9. The van der Waals surface area contributed by atoms with E-state index in [-0.39, 0.29) is 18.4 Å². The second-order valence-corrected chi connectivity index (χ2v) is 6.60. The lowest BCUT2D eigenvalue weighted by atomic mass is 10.2. The molecule has 0 aliphatic carbocycles. The van der Waals surface area contributed by atoms with Crippen molar-refractivity contribution in [3.05, 3.63) is 54.1 Å². The molecule has 28 heavy (non-hydrogen) atoms. The number of benzene rings is 2. The van der Waals surface area contributed by atoms with Gasteiger partial charge in [0.1, 0.15) is 5.75 Å². The molecule has 7 heteroatoms. The number of carbonyl (C=O) groups excluding carboxylic acids is 2. The fraction of sp³-hybridized carbons (Fsp3) is 0.333. The van der Waals surface area contributed by atoms with Crippen LogP contribution in [0.3, 0.4) is 0 Å². The number of carbonyl (C=O) groups is 2. The van der Waals surface area contributed by atoms with Crippen LogP contribution < -0.4 is 15.4 Å². The lowest BCUT2D eigenvalue weighted by Gasteiger charge is -2.26. The van der Waals surface area contributed by atoms with Crippen LogP contribution in [0.25, 0.3) is 0 Å². The molecule has 1 heterocycles. The molecule has 0 aromatic heterocycles. The van der Waals surface area contributed by atoms with E-state index >= 15 is 0 Å². The van der Waals surface area contributed by atoms with Crippen LogP contribution in [0.2, 0.25) is 0 Å². The molecule has 1 fully saturated rings. The number of anilines is 2. The molecule has 2 aromatic rings. The van der Waals surface area contributed by atoms with E-state index in [0.29, 0.717) is 11.4 Å². The van der Waals surface area contributed by atoms with Gasteiger partial charge in [0.2, 0.25) is 5.91 Å². The van der Waals surface area contributed by atoms with Crippen molar-refractivity contribution >= 4 is 23.2 Å². The molecule has 0 radical (unpaired) electrons. The summed E-state index contributed by atoms with van der Waals surface area (Å²) in [4.78, 5) is 25.8. The largest absolute Gasteiger partial charge is 0.482 e. The summed E-state index contributed by atoms with van der Waals surface area (Å²) in [6.07, 6.45) is 0. The number of ether oxygens (including phenoxy) is 2. The summed E-state index contributed by atoms with van der Waals surface area (Å²) >= 11 is 0. The lowest BCUT2D eigenvalue weighted by Crippen LogP contribution is -2.35. The van der Waals surface area contributed by atoms with Crippen molar-refractivity contribution in [2.75, 3.05) is 43.5 Å². The Morgan fingerprint density at radius 1 is 1.04 bits per heavy atom. The van der Waals surface area contributed by atoms with Gasteiger partial charge in [0.05, 0.1) is 18.9 Å². The second-order valence-electron chi connectivity index (χ2n) is 6.60. The Labute approximate surface area is 164 Å². The van der Waals surface area contributed by atoms with Gasteiger partial charge in [-0.1, -0.05) is 24.3 Å². The summed E-state index contributed by atoms with van der Waals surface area (Å²) in [5.41, 5.74) is 2.45. The highest BCUT2D eigenvalue weighted by molar-refractivity contribution is 5.92. The molecule has 7 nitrogen and oxygen atoms in total. The number of para-hydroxylation sites is 2. The van der Waals surface area contributed by atoms with Crippen LogP contribution in [0.4, 0.5) is 11.4 Å². The van der Waals surface area contributed by atoms with Gasteiger partial charge in [-0.3, -0.25) is 14.5 Å². The van der Waals surface area contributed by atoms with Crippen LogP contribution in [0, 0.1) is 0 Å². The van der Waals surface area contributed by atoms with Crippen LogP contribution in [0.15, 0.2) is 48.5 Å². The Balaban J connectivity index is 1.49. The van der Waals surface area contributed by atoms with Crippen molar-refractivity contribution in [1.82, 2.24) is 4.90 Å². The van der Waals surface area contributed by atoms with Crippen LogP contribution >= 0.6 is 0 Å². The topological polar surface area (TPSA) is 79.9 Å². The highest BCUT2D eigenvalue weighted by Gasteiger charge is 2.11. The summed E-state index contributed by atoms with van der Waals surface area (Å²) in [6, 6.07) is 14.8. The number of amides is 2. The molecular formula is C21H25N3O4. The number of hydrogen-bond acceptors (Lipinski definition) is 5. The second kappa shape index (κ2) is 9.87. The molecule has 0 unspecified atom stereocenters. The zero-order chi connectivity index (χ0) is 19.8. The standard InChI is InChI=1S/C21H25N3O4/c1-16(25)22-19-4-2-3-5-20(19)28-15-21(26)23-18-8-6-17(7-9-18)14-24-10-12-27-13-11-24/h2-9H,10-15H2,1H3,(H,22,25)(H,23,26). The minimum absolute atomic E-state index is 0.147. The fourth-order valence-corrected chi connectivity index (χ4v) is 2.94. The molecule has 2 aromatic carbocycles. The summed E-state index contributed by atoms with van der Waals surface area (Å²) in [5.74, 6) is -0.00932. The van der Waals surface area contributed by atoms with E-state index in [4.69, 9.17) is 9.47 Å². The lowest BCUT2D eigenvalue weighted by molar-refractivity contribution is -0.118. The van der Waals surface area contributed by atoms with Crippen LogP contribution in [0.1, 0.15) is 12.5 Å². The Morgan fingerprint density at radius 2 is 1.75 bits per heavy atom. The average molecular weight is 383 g/mol. The molecule has 1 saturated heterocycles. The molecule has 2 N–H and O–H groups in total. The van der Waals surface area contributed by atoms with Crippen LogP contribution in [-0.4, -0.2) is 49.6 Å². The summed E-state index contributed by atoms with van der Waals surface area (Å²) in [7, 11) is 0. The number of rotatable bonds is 7. The van der Waals surface area contributed by atoms with E-state index in [1.54, 1.807) is 24.3 Å². The van der Waals surface area contributed by atoms with E-state index in [9.17, 15) is 9.59 Å². The normalized spacial score (nSPS) is 14.3. The highest BCUT2D eigenvalue weighted by atomic mass is 16.5. The Hall–Kier alpha value is -2.90. The minimum atomic E-state index is -0.265. The van der Waals surface area contributed by atoms with Gasteiger partial charge >= 0.3 is 0 Å². The molecule has 148 valence electrons. The average Bonchev–Trinajstić information content (AvgIpc) is 2.69. The maximum absolute atomic E-state index is 12.2. The molecule has 0 bridgehead atoms. The number of nitrogens with zero attached hydrogens (tertiary/aromatic N) is 1. The van der Waals surface area contributed by atoms with Crippen molar-refractivity contribution < 1.29 is 19.1 Å². The van der Waals surface area contributed by atoms with Gasteiger partial charge in [-0.05, 0) is 29.8 Å². The van der Waals surface area contributed by atoms with Gasteiger partial charge in [0, 0.05) is 32.2 Å². The first-order valence-electron chi connectivity index (χ1n) is 9.28. The fourth-order valence-electron chi connectivity index (χ4n) is 2.94. The maximum atomic E-state index is 12.2. The van der Waals surface area contributed by atoms with Gasteiger partial charge in [0.25, 0.3) is 5.91 Å². The minimum Gasteiger partial charge on any atom is -0.482 e. The molecule has 0 atom stereocenters. The molecule has 0 spiro atoms. The van der Waals surface area contributed by atoms with Crippen LogP contribution in [0.5, 0.6) is 5.75 Å². The first kappa shape index (κ1) is 19.9. The molecule has 2 amide bonds. The molecule has 1 aliphatic heterocycles. The molecule has 0 saturated carbocycles. The monoisotopic (exact) mass is 383 g/mol. The summed E-state index contributed by atoms with van der Waals surface area (Å²) in [5, 5.41) is 5.50. The van der Waals surface area contributed by atoms with E-state index < -0.39 is 0 Å². The highest BCUT2D eigenvalue weighted by Crippen LogP contribution is 2.23. The van der Waals surface area contributed by atoms with Gasteiger partial charge in [-0.2, -0.15) is 0 Å². The first-order valence-corrected chi connectivity index (χ1v) is 9.28. The Morgan fingerprint density at radius 3 is 2.46 bits per heavy atom. The molecular weight excluding hydrogens is 358 g/mol. The van der Waals surface area contributed by atoms with Crippen molar-refractivity contribution in [2.24, 2.45) is 0 Å². The summed E-state index contributed by atoms with van der Waals surface area (Å²) in [6.45, 7) is 5.59. The van der Waals surface area contributed by atoms with Gasteiger partial charge in [-0.25, -0.2) is 0 Å². The van der Waals surface area contributed by atoms with Crippen molar-refractivity contribution in [3.63, 3.8) is 0 Å². The van der Waals surface area contributed by atoms with Crippen molar-refractivity contribution in [3.8, 4) is 5.75 Å². The zero-order valence-corrected chi connectivity index (χ0v) is 15.9. The third-order valence-electron chi connectivity index (χ3n) is 4.30. The quantitative estimate of drug-likeness (QED) is 0.768. The van der Waals surface area contributed by atoms with Gasteiger partial charge in [-0.15, -0.1) is 0 Å². The van der Waals surface area contributed by atoms with Crippen molar-refractivity contribution in [2.45, 2.75) is 13.5 Å². The van der Waals surface area contributed by atoms with Gasteiger partial charge < -0.3 is 20.1 Å². The predicted octanol–water partition coefficient (Wildman–Crippen LogP) is 2.49. The SMILES string of the molecule is CC(=O)Nc1ccccc1OCC(=O)Nc1ccc(CN2CCOCC2)cc1. The first-order chi connectivity index (χ1) is 13.6. The van der Waals surface area contributed by atoms with Crippen LogP contribution in [-0.2, 0) is 20.9 Å². The third kappa shape index (κ3) is 6.07. The number of hydrogen-bond donors (Lipinski definition) is 2. The third-order valence-corrected chi connectivity index (χ3v) is 4.30. The Bertz CT molecular complexity index is 802. The maximum Gasteiger partial charge on any atom is 0.262 e. The van der Waals surface area contributed by atoms with E-state index in [2.05, 4.69) is 15.5 Å². The number of nitrogens with one attached hydrogen (secondary N) is 2. The summed E-state index contributed by atoms with van der Waals surface area (Å²) < 4.78 is 10.9. The number of morpholine rings is 1. The van der Waals surface area contributed by atoms with Crippen molar-refractivity contribution in [1.29, 1.82) is 0 Å². The smallest absolute Gasteiger partial charge is 0.262 e. The van der Waals surface area contributed by atoms with Gasteiger partial charge in [0.15, 0.2) is 6.61 Å².